The summed E-state index contributed by atoms with van der Waals surface area (Å²) in [6.07, 6.45) is 1.56. The minimum atomic E-state index is -0.165. The number of ether oxygens (including phenoxy) is 1. The van der Waals surface area contributed by atoms with Gasteiger partial charge >= 0.3 is 0 Å². The van der Waals surface area contributed by atoms with Gasteiger partial charge in [0.15, 0.2) is 0 Å². The molecule has 104 valence electrons. The van der Waals surface area contributed by atoms with Crippen LogP contribution in [0, 0.1) is 0 Å². The summed E-state index contributed by atoms with van der Waals surface area (Å²) >= 11 is 0. The summed E-state index contributed by atoms with van der Waals surface area (Å²) in [5, 5.41) is 0. The molecule has 1 amide bonds. The van der Waals surface area contributed by atoms with Crippen LogP contribution >= 0.6 is 0 Å². The van der Waals surface area contributed by atoms with E-state index in [1.165, 1.54) is 0 Å². The number of amides is 1. The smallest absolute Gasteiger partial charge is 0.257 e. The molecule has 0 spiro atoms. The van der Waals surface area contributed by atoms with Crippen molar-refractivity contribution in [3.8, 4) is 5.75 Å². The van der Waals surface area contributed by atoms with E-state index in [0.29, 0.717) is 12.1 Å². The topological polar surface area (TPSA) is 68.5 Å². The van der Waals surface area contributed by atoms with Gasteiger partial charge in [-0.05, 0) is 18.2 Å². The summed E-state index contributed by atoms with van der Waals surface area (Å²) < 4.78 is 5.28. The Labute approximate surface area is 118 Å². The van der Waals surface area contributed by atoms with E-state index in [1.54, 1.807) is 37.4 Å². The van der Waals surface area contributed by atoms with Crippen LogP contribution in [0.15, 0.2) is 42.6 Å². The van der Waals surface area contributed by atoms with Gasteiger partial charge in [0.25, 0.3) is 5.91 Å². The number of para-hydroxylation sites is 1. The molecule has 0 unspecified atom stereocenters. The predicted octanol–water partition coefficient (Wildman–Crippen LogP) is 1.94. The number of carbonyl (C=O) groups is 1. The first-order valence-corrected chi connectivity index (χ1v) is 6.21. The number of nitrogen functional groups attached to an aromatic ring is 1. The Kier molecular flexibility index (Phi) is 4.20. The number of nitrogens with zero attached hydrogens (tertiary/aromatic N) is 2. The molecule has 2 aromatic rings. The Hall–Kier alpha value is -2.56. The van der Waals surface area contributed by atoms with Crippen molar-refractivity contribution in [2.75, 3.05) is 19.9 Å². The van der Waals surface area contributed by atoms with E-state index in [9.17, 15) is 4.79 Å². The first-order valence-electron chi connectivity index (χ1n) is 6.21. The number of methoxy groups -OCH3 is 1. The molecule has 0 saturated heterocycles. The Balaban J connectivity index is 2.18. The summed E-state index contributed by atoms with van der Waals surface area (Å²) in [7, 11) is 3.33. The largest absolute Gasteiger partial charge is 0.496 e. The zero-order valence-electron chi connectivity index (χ0n) is 11.5. The van der Waals surface area contributed by atoms with E-state index >= 15 is 0 Å². The lowest BCUT2D eigenvalue weighted by molar-refractivity contribution is 0.0785. The van der Waals surface area contributed by atoms with Crippen molar-refractivity contribution in [2.24, 2.45) is 0 Å². The van der Waals surface area contributed by atoms with Crippen LogP contribution in [-0.2, 0) is 6.54 Å². The van der Waals surface area contributed by atoms with Crippen molar-refractivity contribution in [3.63, 3.8) is 0 Å². The summed E-state index contributed by atoms with van der Waals surface area (Å²) in [5.41, 5.74) is 7.07. The third kappa shape index (κ3) is 2.88. The van der Waals surface area contributed by atoms with Gasteiger partial charge in [-0.2, -0.15) is 0 Å². The number of pyridine rings is 1. The number of aromatic nitrogens is 1. The highest BCUT2D eigenvalue weighted by Crippen LogP contribution is 2.20. The first kappa shape index (κ1) is 13.9. The lowest BCUT2D eigenvalue weighted by Gasteiger charge is -2.19. The van der Waals surface area contributed by atoms with E-state index in [0.717, 1.165) is 11.3 Å². The summed E-state index contributed by atoms with van der Waals surface area (Å²) in [6, 6.07) is 11.0. The van der Waals surface area contributed by atoms with Gasteiger partial charge in [0.2, 0.25) is 0 Å². The number of carbonyl (C=O) groups excluding carboxylic acids is 1. The molecule has 0 aliphatic rings. The number of nitrogens with two attached hydrogens (primary N) is 1. The van der Waals surface area contributed by atoms with E-state index in [4.69, 9.17) is 10.5 Å². The van der Waals surface area contributed by atoms with Gasteiger partial charge in [-0.3, -0.25) is 4.79 Å². The number of rotatable bonds is 4. The van der Waals surface area contributed by atoms with Gasteiger partial charge in [0, 0.05) is 25.4 Å². The molecule has 5 heteroatoms. The van der Waals surface area contributed by atoms with Gasteiger partial charge in [0.05, 0.1) is 12.7 Å². The van der Waals surface area contributed by atoms with Crippen LogP contribution in [0.2, 0.25) is 0 Å². The van der Waals surface area contributed by atoms with Crippen LogP contribution < -0.4 is 10.5 Å². The van der Waals surface area contributed by atoms with Gasteiger partial charge in [-0.15, -0.1) is 0 Å². The molecule has 2 rings (SSSR count). The molecule has 1 heterocycles. The minimum Gasteiger partial charge on any atom is -0.496 e. The van der Waals surface area contributed by atoms with Gasteiger partial charge in [-0.1, -0.05) is 18.2 Å². The Bertz CT molecular complexity index is 614. The van der Waals surface area contributed by atoms with Crippen molar-refractivity contribution in [1.29, 1.82) is 0 Å². The fourth-order valence-electron chi connectivity index (χ4n) is 1.96. The van der Waals surface area contributed by atoms with E-state index in [1.807, 2.05) is 24.3 Å². The third-order valence-electron chi connectivity index (χ3n) is 3.02. The van der Waals surface area contributed by atoms with Crippen molar-refractivity contribution in [2.45, 2.75) is 6.54 Å². The second kappa shape index (κ2) is 6.06. The molecule has 2 N–H and O–H groups in total. The lowest BCUT2D eigenvalue weighted by Crippen LogP contribution is -2.27. The molecule has 0 atom stereocenters. The zero-order valence-corrected chi connectivity index (χ0v) is 11.5. The number of hydrogen-bond acceptors (Lipinski definition) is 4. The minimum absolute atomic E-state index is 0.165. The summed E-state index contributed by atoms with van der Waals surface area (Å²) in [4.78, 5) is 17.9. The highest BCUT2D eigenvalue weighted by Gasteiger charge is 2.16. The molecule has 20 heavy (non-hydrogen) atoms. The second-order valence-electron chi connectivity index (χ2n) is 4.41. The number of anilines is 1. The van der Waals surface area contributed by atoms with Crippen molar-refractivity contribution < 1.29 is 9.53 Å². The van der Waals surface area contributed by atoms with Crippen LogP contribution in [0.3, 0.4) is 0 Å². The molecule has 1 aromatic heterocycles. The zero-order chi connectivity index (χ0) is 14.5. The molecule has 0 saturated carbocycles. The summed E-state index contributed by atoms with van der Waals surface area (Å²) in [6.45, 7) is 0.442. The molecule has 0 fully saturated rings. The lowest BCUT2D eigenvalue weighted by atomic mass is 10.1. The maximum Gasteiger partial charge on any atom is 0.257 e. The van der Waals surface area contributed by atoms with E-state index < -0.39 is 0 Å². The van der Waals surface area contributed by atoms with Crippen LogP contribution in [0.4, 0.5) is 5.82 Å². The standard InChI is InChI=1S/C15H17N3O2/c1-18(10-11-6-3-4-8-13(11)20-2)15(19)12-7-5-9-17-14(12)16/h3-9H,10H2,1-2H3,(H2,16,17). The van der Waals surface area contributed by atoms with Gasteiger partial charge in [-0.25, -0.2) is 4.98 Å². The Morgan fingerprint density at radius 3 is 2.75 bits per heavy atom. The van der Waals surface area contributed by atoms with Crippen molar-refractivity contribution in [1.82, 2.24) is 9.88 Å². The number of hydrogen-bond donors (Lipinski definition) is 1. The van der Waals surface area contributed by atoms with E-state index in [-0.39, 0.29) is 11.7 Å². The summed E-state index contributed by atoms with van der Waals surface area (Å²) in [5.74, 6) is 0.831. The molecule has 0 bridgehead atoms. The molecule has 0 radical (unpaired) electrons. The molecule has 0 aliphatic heterocycles. The van der Waals surface area contributed by atoms with Crippen LogP contribution in [0.1, 0.15) is 15.9 Å². The number of benzene rings is 1. The first-order chi connectivity index (χ1) is 9.63. The Morgan fingerprint density at radius 1 is 1.30 bits per heavy atom. The SMILES string of the molecule is COc1ccccc1CN(C)C(=O)c1cccnc1N. The third-order valence-corrected chi connectivity index (χ3v) is 3.02. The van der Waals surface area contributed by atoms with Crippen molar-refractivity contribution in [3.05, 3.63) is 53.7 Å². The molecule has 0 aliphatic carbocycles. The fraction of sp³-hybridized carbons (Fsp3) is 0.200. The second-order valence-corrected chi connectivity index (χ2v) is 4.41. The maximum atomic E-state index is 12.3. The van der Waals surface area contributed by atoms with Gasteiger partial charge < -0.3 is 15.4 Å². The molecule has 5 nitrogen and oxygen atoms in total. The molecular weight excluding hydrogens is 254 g/mol. The van der Waals surface area contributed by atoms with E-state index in [2.05, 4.69) is 4.98 Å². The normalized spacial score (nSPS) is 10.1. The quantitative estimate of drug-likeness (QED) is 0.922. The fourth-order valence-corrected chi connectivity index (χ4v) is 1.96. The predicted molar refractivity (Wildman–Crippen MR) is 77.4 cm³/mol. The Morgan fingerprint density at radius 2 is 2.05 bits per heavy atom. The highest BCUT2D eigenvalue weighted by molar-refractivity contribution is 5.98. The maximum absolute atomic E-state index is 12.3. The van der Waals surface area contributed by atoms with Gasteiger partial charge in [0.1, 0.15) is 11.6 Å². The monoisotopic (exact) mass is 271 g/mol. The van der Waals surface area contributed by atoms with Crippen LogP contribution in [0.5, 0.6) is 5.75 Å². The van der Waals surface area contributed by atoms with Crippen LogP contribution in [-0.4, -0.2) is 29.9 Å². The average Bonchev–Trinajstić information content (AvgIpc) is 2.47. The molecule has 1 aromatic carbocycles. The highest BCUT2D eigenvalue weighted by atomic mass is 16.5. The average molecular weight is 271 g/mol. The molecular formula is C15H17N3O2. The van der Waals surface area contributed by atoms with Crippen molar-refractivity contribution >= 4 is 11.7 Å². The van der Waals surface area contributed by atoms with Crippen LogP contribution in [0.25, 0.3) is 0 Å².